The summed E-state index contributed by atoms with van der Waals surface area (Å²) < 4.78 is 0. The second-order valence-corrected chi connectivity index (χ2v) is 17.5. The molecule has 4 bridgehead atoms. The molecule has 55 heavy (non-hydrogen) atoms. The molecule has 0 spiro atoms. The van der Waals surface area contributed by atoms with Gasteiger partial charge in [0.1, 0.15) is 0 Å². The van der Waals surface area contributed by atoms with Gasteiger partial charge in [0.05, 0.1) is 11.4 Å². The lowest BCUT2D eigenvalue weighted by atomic mass is 9.48. The molecule has 4 fully saturated rings. The first-order valence-corrected chi connectivity index (χ1v) is 20.9. The minimum atomic E-state index is 0.443. The van der Waals surface area contributed by atoms with E-state index in [1.165, 1.54) is 81.9 Å². The van der Waals surface area contributed by atoms with E-state index >= 15 is 0 Å². The van der Waals surface area contributed by atoms with Gasteiger partial charge in [0, 0.05) is 32.5 Å². The Morgan fingerprint density at radius 3 is 1.31 bits per heavy atom. The molecule has 4 aliphatic carbocycles. The highest BCUT2D eigenvalue weighted by molar-refractivity contribution is 7.99. The first kappa shape index (κ1) is 32.9. The summed E-state index contributed by atoms with van der Waals surface area (Å²) in [6.45, 7) is 0. The lowest BCUT2D eigenvalue weighted by Crippen LogP contribution is -2.48. The summed E-state index contributed by atoms with van der Waals surface area (Å²) >= 11 is 1.84. The van der Waals surface area contributed by atoms with E-state index in [4.69, 9.17) is 0 Å². The minimum absolute atomic E-state index is 0.443. The molecule has 5 aliphatic rings. The third-order valence-corrected chi connectivity index (χ3v) is 14.2. The quantitative estimate of drug-likeness (QED) is 0.161. The van der Waals surface area contributed by atoms with E-state index in [1.54, 1.807) is 5.56 Å². The van der Waals surface area contributed by atoms with E-state index in [1.807, 2.05) is 11.8 Å². The topological polar surface area (TPSA) is 6.48 Å². The van der Waals surface area contributed by atoms with Gasteiger partial charge in [-0.1, -0.05) is 115 Å². The summed E-state index contributed by atoms with van der Waals surface area (Å²) in [7, 11) is 0. The number of hydrogen-bond acceptors (Lipinski definition) is 3. The van der Waals surface area contributed by atoms with Gasteiger partial charge in [-0.2, -0.15) is 0 Å². The summed E-state index contributed by atoms with van der Waals surface area (Å²) in [5.74, 6) is 2.91. The maximum absolute atomic E-state index is 2.46. The van der Waals surface area contributed by atoms with Crippen molar-refractivity contribution in [1.82, 2.24) is 0 Å². The Balaban J connectivity index is 0.852. The van der Waals surface area contributed by atoms with Crippen LogP contribution in [-0.4, -0.2) is 0 Å². The van der Waals surface area contributed by atoms with Gasteiger partial charge in [-0.15, -0.1) is 0 Å². The van der Waals surface area contributed by atoms with Gasteiger partial charge in [-0.05, 0) is 162 Å². The molecule has 0 atom stereocenters. The van der Waals surface area contributed by atoms with Crippen LogP contribution in [0.3, 0.4) is 0 Å². The Labute approximate surface area is 329 Å². The zero-order valence-electron chi connectivity index (χ0n) is 31.0. The maximum atomic E-state index is 2.46. The van der Waals surface area contributed by atoms with Crippen molar-refractivity contribution in [2.24, 2.45) is 17.8 Å². The van der Waals surface area contributed by atoms with Gasteiger partial charge >= 0.3 is 0 Å². The first-order chi connectivity index (χ1) is 27.2. The highest BCUT2D eigenvalue weighted by Gasteiger charge is 2.51. The number of fused-ring (bicyclic) bond motifs is 2. The molecule has 1 aliphatic heterocycles. The Kier molecular flexibility index (Phi) is 7.98. The molecular weight excluding hydrogens is 685 g/mol. The van der Waals surface area contributed by atoms with Crippen LogP contribution in [0, 0.1) is 17.8 Å². The van der Waals surface area contributed by atoms with Crippen LogP contribution in [-0.2, 0) is 5.41 Å². The predicted molar refractivity (Wildman–Crippen MR) is 231 cm³/mol. The van der Waals surface area contributed by atoms with Crippen LogP contribution >= 0.6 is 11.8 Å². The van der Waals surface area contributed by atoms with Crippen molar-refractivity contribution in [2.45, 2.75) is 53.7 Å². The van der Waals surface area contributed by atoms with E-state index in [9.17, 15) is 0 Å². The van der Waals surface area contributed by atoms with E-state index in [-0.39, 0.29) is 0 Å². The SMILES string of the molecule is c1ccc(N(c2ccc(-c3ccc(N4c5ccccc5Sc5ccccc54)cc3)cc2)c2ccc(-c3ccc(C45CC6CC(CC(C6)C4)C5)cc3)cc2)cc1. The van der Waals surface area contributed by atoms with Crippen molar-refractivity contribution in [3.8, 4) is 22.3 Å². The summed E-state index contributed by atoms with van der Waals surface area (Å²) in [6.07, 6.45) is 8.72. The number of anilines is 6. The van der Waals surface area contributed by atoms with Gasteiger partial charge in [-0.3, -0.25) is 0 Å². The average molecular weight is 729 g/mol. The van der Waals surface area contributed by atoms with Crippen LogP contribution in [0.1, 0.15) is 44.1 Å². The number of para-hydroxylation sites is 3. The molecule has 0 aromatic heterocycles. The molecule has 0 amide bonds. The van der Waals surface area contributed by atoms with Crippen molar-refractivity contribution >= 4 is 45.9 Å². The van der Waals surface area contributed by atoms with Gasteiger partial charge in [0.2, 0.25) is 0 Å². The van der Waals surface area contributed by atoms with E-state index in [0.717, 1.165) is 40.5 Å². The molecular formula is C52H44N2S. The molecule has 0 saturated heterocycles. The molecule has 7 aromatic rings. The Bertz CT molecular complexity index is 2390. The third-order valence-electron chi connectivity index (χ3n) is 13.0. The van der Waals surface area contributed by atoms with Gasteiger partial charge in [-0.25, -0.2) is 0 Å². The van der Waals surface area contributed by atoms with Crippen LogP contribution in [0.5, 0.6) is 0 Å². The van der Waals surface area contributed by atoms with Crippen molar-refractivity contribution < 1.29 is 0 Å². The number of nitrogens with zero attached hydrogens (tertiary/aromatic N) is 2. The number of benzene rings is 7. The average Bonchev–Trinajstić information content (AvgIpc) is 3.23. The Hall–Kier alpha value is -5.51. The smallest absolute Gasteiger partial charge is 0.0601 e. The number of hydrogen-bond donors (Lipinski definition) is 0. The van der Waals surface area contributed by atoms with E-state index in [2.05, 4.69) is 186 Å². The largest absolute Gasteiger partial charge is 0.311 e. The van der Waals surface area contributed by atoms with Crippen molar-refractivity contribution in [3.63, 3.8) is 0 Å². The summed E-state index contributed by atoms with van der Waals surface area (Å²) in [6, 6.07) is 64.9. The molecule has 3 heteroatoms. The standard InChI is InChI=1S/C52H44N2S/c1-2-8-44(9-3-1)53(45-24-16-40(17-25-45)39-14-22-43(23-15-39)52-33-36-30-37(34-52)32-38(31-36)35-52)46-26-18-41(19-27-46)42-20-28-47(29-21-42)54-48-10-4-6-12-50(48)55-51-13-7-5-11-49(51)54/h1-29,36-38H,30-35H2. The molecule has 268 valence electrons. The normalized spacial score (nSPS) is 21.9. The zero-order valence-corrected chi connectivity index (χ0v) is 31.8. The van der Waals surface area contributed by atoms with E-state index in [0.29, 0.717) is 5.41 Å². The first-order valence-electron chi connectivity index (χ1n) is 20.1. The second kappa shape index (κ2) is 13.4. The van der Waals surface area contributed by atoms with Crippen molar-refractivity contribution in [3.05, 3.63) is 181 Å². The molecule has 12 rings (SSSR count). The molecule has 7 aromatic carbocycles. The zero-order chi connectivity index (χ0) is 36.3. The lowest BCUT2D eigenvalue weighted by molar-refractivity contribution is -0.00518. The maximum Gasteiger partial charge on any atom is 0.0601 e. The molecule has 1 heterocycles. The van der Waals surface area contributed by atoms with Crippen molar-refractivity contribution in [1.29, 1.82) is 0 Å². The van der Waals surface area contributed by atoms with Crippen LogP contribution in [0.2, 0.25) is 0 Å². The lowest BCUT2D eigenvalue weighted by Gasteiger charge is -2.57. The fourth-order valence-electron chi connectivity index (χ4n) is 10.9. The van der Waals surface area contributed by atoms with Crippen molar-refractivity contribution in [2.75, 3.05) is 9.80 Å². The monoisotopic (exact) mass is 728 g/mol. The summed E-state index contributed by atoms with van der Waals surface area (Å²) in [4.78, 5) is 7.30. The molecule has 4 saturated carbocycles. The van der Waals surface area contributed by atoms with E-state index < -0.39 is 0 Å². The highest BCUT2D eigenvalue weighted by Crippen LogP contribution is 2.61. The molecule has 0 N–H and O–H groups in total. The fraction of sp³-hybridized carbons (Fsp3) is 0.192. The van der Waals surface area contributed by atoms with Gasteiger partial charge < -0.3 is 9.80 Å². The Morgan fingerprint density at radius 2 is 0.818 bits per heavy atom. The molecule has 0 unspecified atom stereocenters. The van der Waals surface area contributed by atoms with Crippen LogP contribution < -0.4 is 9.80 Å². The van der Waals surface area contributed by atoms with Crippen LogP contribution in [0.15, 0.2) is 186 Å². The molecule has 2 nitrogen and oxygen atoms in total. The summed E-state index contributed by atoms with van der Waals surface area (Å²) in [5.41, 5.74) is 14.1. The molecule has 0 radical (unpaired) electrons. The van der Waals surface area contributed by atoms with Gasteiger partial charge in [0.25, 0.3) is 0 Å². The predicted octanol–water partition coefficient (Wildman–Crippen LogP) is 14.9. The number of rotatable bonds is 7. The highest BCUT2D eigenvalue weighted by atomic mass is 32.2. The second-order valence-electron chi connectivity index (χ2n) is 16.5. The fourth-order valence-corrected chi connectivity index (χ4v) is 12.0. The van der Waals surface area contributed by atoms with Crippen LogP contribution in [0.4, 0.5) is 34.1 Å². The minimum Gasteiger partial charge on any atom is -0.311 e. The van der Waals surface area contributed by atoms with Gasteiger partial charge in [0.15, 0.2) is 0 Å². The Morgan fingerprint density at radius 1 is 0.418 bits per heavy atom. The van der Waals surface area contributed by atoms with Crippen LogP contribution in [0.25, 0.3) is 22.3 Å². The summed E-state index contributed by atoms with van der Waals surface area (Å²) in [5, 5.41) is 0. The third kappa shape index (κ3) is 5.88.